The highest BCUT2D eigenvalue weighted by atomic mass is 16.8. The molecule has 4 aliphatic rings. The van der Waals surface area contributed by atoms with Crippen LogP contribution in [-0.4, -0.2) is 37.0 Å². The van der Waals surface area contributed by atoms with E-state index in [0.29, 0.717) is 0 Å². The zero-order chi connectivity index (χ0) is 17.9. The van der Waals surface area contributed by atoms with Gasteiger partial charge in [0.25, 0.3) is 0 Å². The molecule has 26 heavy (non-hydrogen) atoms. The zero-order valence-corrected chi connectivity index (χ0v) is 15.7. The Hall–Kier alpha value is -1.20. The van der Waals surface area contributed by atoms with Crippen LogP contribution in [0.3, 0.4) is 0 Å². The molecule has 4 nitrogen and oxygen atoms in total. The molecular weight excluding hydrogens is 328 g/mol. The van der Waals surface area contributed by atoms with Crippen molar-refractivity contribution in [2.75, 3.05) is 0 Å². The van der Waals surface area contributed by atoms with E-state index < -0.39 is 0 Å². The Morgan fingerprint density at radius 3 is 1.46 bits per heavy atom. The van der Waals surface area contributed by atoms with Gasteiger partial charge >= 0.3 is 0 Å². The van der Waals surface area contributed by atoms with Crippen LogP contribution in [0.2, 0.25) is 0 Å². The molecule has 0 saturated carbocycles. The summed E-state index contributed by atoms with van der Waals surface area (Å²) in [6, 6.07) is 0. The third-order valence-corrected chi connectivity index (χ3v) is 5.79. The van der Waals surface area contributed by atoms with Gasteiger partial charge in [-0.2, -0.15) is 0 Å². The number of allylic oxidation sites excluding steroid dienone is 6. The van der Waals surface area contributed by atoms with Crippen LogP contribution in [0.15, 0.2) is 48.6 Å². The summed E-state index contributed by atoms with van der Waals surface area (Å²) in [5, 5.41) is 0. The summed E-state index contributed by atoms with van der Waals surface area (Å²) in [4.78, 5) is 0. The maximum Gasteiger partial charge on any atom is 0.165 e. The van der Waals surface area contributed by atoms with Gasteiger partial charge in [0.2, 0.25) is 0 Å². The summed E-state index contributed by atoms with van der Waals surface area (Å²) in [6.45, 7) is 4.33. The fourth-order valence-electron chi connectivity index (χ4n) is 4.29. The molecule has 0 aromatic rings. The number of rotatable bonds is 4. The van der Waals surface area contributed by atoms with Crippen LogP contribution in [0, 0.1) is 11.8 Å². The number of ether oxygens (including phenoxy) is 4. The van der Waals surface area contributed by atoms with Gasteiger partial charge in [0.05, 0.1) is 12.2 Å². The predicted octanol–water partition coefficient (Wildman–Crippen LogP) is 4.29. The number of fused-ring (bicyclic) bond motifs is 1. The van der Waals surface area contributed by atoms with Crippen LogP contribution in [0.4, 0.5) is 0 Å². The molecule has 0 spiro atoms. The summed E-state index contributed by atoms with van der Waals surface area (Å²) < 4.78 is 25.5. The Kier molecular flexibility index (Phi) is 5.75. The Morgan fingerprint density at radius 2 is 1.12 bits per heavy atom. The largest absolute Gasteiger partial charge is 0.346 e. The van der Waals surface area contributed by atoms with E-state index in [-0.39, 0.29) is 48.8 Å². The highest BCUT2D eigenvalue weighted by Crippen LogP contribution is 2.39. The van der Waals surface area contributed by atoms with Gasteiger partial charge in [-0.05, 0) is 25.7 Å². The van der Waals surface area contributed by atoms with Crippen LogP contribution >= 0.6 is 0 Å². The van der Waals surface area contributed by atoms with Gasteiger partial charge < -0.3 is 18.9 Å². The lowest BCUT2D eigenvalue weighted by Gasteiger charge is -2.51. The normalized spacial score (nSPS) is 44.8. The minimum Gasteiger partial charge on any atom is -0.346 e. The average Bonchev–Trinajstić information content (AvgIpc) is 2.73. The van der Waals surface area contributed by atoms with Crippen LogP contribution in [0.5, 0.6) is 0 Å². The van der Waals surface area contributed by atoms with Gasteiger partial charge in [0.15, 0.2) is 12.6 Å². The van der Waals surface area contributed by atoms with E-state index in [0.717, 1.165) is 25.7 Å². The first-order valence-electron chi connectivity index (χ1n) is 10.1. The molecule has 0 aromatic carbocycles. The molecule has 2 saturated heterocycles. The Balaban J connectivity index is 1.51. The van der Waals surface area contributed by atoms with Crippen molar-refractivity contribution in [2.24, 2.45) is 11.8 Å². The molecule has 142 valence electrons. The number of hydrogen-bond donors (Lipinski definition) is 0. The molecule has 0 amide bonds. The Labute approximate surface area is 156 Å². The smallest absolute Gasteiger partial charge is 0.165 e. The third-order valence-electron chi connectivity index (χ3n) is 5.79. The van der Waals surface area contributed by atoms with Gasteiger partial charge in [-0.15, -0.1) is 0 Å². The van der Waals surface area contributed by atoms with Crippen molar-refractivity contribution in [1.82, 2.24) is 0 Å². The molecule has 0 bridgehead atoms. The monoisotopic (exact) mass is 358 g/mol. The summed E-state index contributed by atoms with van der Waals surface area (Å²) >= 11 is 0. The van der Waals surface area contributed by atoms with E-state index in [4.69, 9.17) is 18.9 Å². The van der Waals surface area contributed by atoms with Crippen LogP contribution in [-0.2, 0) is 18.9 Å². The first-order chi connectivity index (χ1) is 12.8. The first-order valence-corrected chi connectivity index (χ1v) is 10.1. The molecule has 2 fully saturated rings. The van der Waals surface area contributed by atoms with Gasteiger partial charge in [-0.3, -0.25) is 0 Å². The first kappa shape index (κ1) is 18.2. The summed E-state index contributed by atoms with van der Waals surface area (Å²) in [5.41, 5.74) is 0. The fourth-order valence-corrected chi connectivity index (χ4v) is 4.29. The van der Waals surface area contributed by atoms with E-state index in [1.807, 2.05) is 0 Å². The summed E-state index contributed by atoms with van der Waals surface area (Å²) in [7, 11) is 0. The van der Waals surface area contributed by atoms with Crippen LogP contribution < -0.4 is 0 Å². The maximum absolute atomic E-state index is 6.41. The van der Waals surface area contributed by atoms with E-state index in [1.54, 1.807) is 0 Å². The molecule has 0 aromatic heterocycles. The van der Waals surface area contributed by atoms with E-state index >= 15 is 0 Å². The molecule has 0 N–H and O–H groups in total. The standard InChI is InChI=1S/C22H30O4/c1-3-17-19-20(26-21(23-17)15-11-7-5-8-12-15)18(4-2)24-22(25-19)16-13-9-6-10-14-16/h5-11,13,15-22H,3-4,12,14H2,1-2H3. The minimum atomic E-state index is -0.224. The molecule has 4 rings (SSSR count). The van der Waals surface area contributed by atoms with Crippen molar-refractivity contribution in [3.63, 3.8) is 0 Å². The van der Waals surface area contributed by atoms with Gasteiger partial charge in [-0.25, -0.2) is 0 Å². The molecule has 8 atom stereocenters. The molecule has 0 radical (unpaired) electrons. The maximum atomic E-state index is 6.41. The van der Waals surface area contributed by atoms with Gasteiger partial charge in [0, 0.05) is 11.8 Å². The van der Waals surface area contributed by atoms with Crippen molar-refractivity contribution in [2.45, 2.75) is 76.5 Å². The van der Waals surface area contributed by atoms with Crippen molar-refractivity contribution >= 4 is 0 Å². The Bertz CT molecular complexity index is 541. The van der Waals surface area contributed by atoms with E-state index in [2.05, 4.69) is 62.5 Å². The third kappa shape index (κ3) is 3.61. The zero-order valence-electron chi connectivity index (χ0n) is 15.7. The van der Waals surface area contributed by atoms with Crippen LogP contribution in [0.1, 0.15) is 39.5 Å². The Morgan fingerprint density at radius 1 is 0.654 bits per heavy atom. The predicted molar refractivity (Wildman–Crippen MR) is 100 cm³/mol. The second-order valence-corrected chi connectivity index (χ2v) is 7.53. The summed E-state index contributed by atoms with van der Waals surface area (Å²) in [5.74, 6) is 0.522. The van der Waals surface area contributed by atoms with Crippen molar-refractivity contribution < 1.29 is 18.9 Å². The second-order valence-electron chi connectivity index (χ2n) is 7.53. The average molecular weight is 358 g/mol. The van der Waals surface area contributed by atoms with Gasteiger partial charge in [-0.1, -0.05) is 62.5 Å². The van der Waals surface area contributed by atoms with Crippen molar-refractivity contribution in [3.8, 4) is 0 Å². The van der Waals surface area contributed by atoms with Crippen LogP contribution in [0.25, 0.3) is 0 Å². The van der Waals surface area contributed by atoms with E-state index in [9.17, 15) is 0 Å². The number of hydrogen-bond acceptors (Lipinski definition) is 4. The lowest BCUT2D eigenvalue weighted by Crippen LogP contribution is -2.62. The lowest BCUT2D eigenvalue weighted by molar-refractivity contribution is -0.386. The molecule has 2 aliphatic heterocycles. The molecule has 2 heterocycles. The molecular formula is C22H30O4. The molecule has 4 heteroatoms. The van der Waals surface area contributed by atoms with E-state index in [1.165, 1.54) is 0 Å². The fraction of sp³-hybridized carbons (Fsp3) is 0.636. The SMILES string of the molecule is CCC1OC(C2C=CC=CC2)OC2C(CC)OC(C3C=CC=CC3)OC12. The second kappa shape index (κ2) is 8.22. The molecule has 8 unspecified atom stereocenters. The highest BCUT2D eigenvalue weighted by Gasteiger charge is 2.50. The minimum absolute atomic E-state index is 0.0432. The molecule has 2 aliphatic carbocycles. The quantitative estimate of drug-likeness (QED) is 0.751. The highest BCUT2D eigenvalue weighted by molar-refractivity contribution is 5.13. The van der Waals surface area contributed by atoms with Gasteiger partial charge in [0.1, 0.15) is 12.2 Å². The van der Waals surface area contributed by atoms with Crippen molar-refractivity contribution in [3.05, 3.63) is 48.6 Å². The lowest BCUT2D eigenvalue weighted by atomic mass is 9.92. The topological polar surface area (TPSA) is 36.9 Å². The van der Waals surface area contributed by atoms with Crippen molar-refractivity contribution in [1.29, 1.82) is 0 Å². The summed E-state index contributed by atoms with van der Waals surface area (Å²) in [6.07, 6.45) is 20.3.